The summed E-state index contributed by atoms with van der Waals surface area (Å²) in [6.07, 6.45) is 9.83. The largest absolute Gasteiger partial charge is 0.497 e. The second kappa shape index (κ2) is 6.84. The van der Waals surface area contributed by atoms with Crippen molar-refractivity contribution in [3.8, 4) is 5.75 Å². The van der Waals surface area contributed by atoms with Crippen LogP contribution in [0.15, 0.2) is 41.1 Å². The van der Waals surface area contributed by atoms with Crippen molar-refractivity contribution in [1.29, 1.82) is 0 Å². The van der Waals surface area contributed by atoms with Crippen molar-refractivity contribution in [2.45, 2.75) is 32.3 Å². The lowest BCUT2D eigenvalue weighted by atomic mass is 10.0. The van der Waals surface area contributed by atoms with Gasteiger partial charge in [-0.2, -0.15) is 0 Å². The zero-order chi connectivity index (χ0) is 12.6. The predicted molar refractivity (Wildman–Crippen MR) is 71.8 cm³/mol. The van der Waals surface area contributed by atoms with Gasteiger partial charge in [0.2, 0.25) is 0 Å². The maximum absolute atomic E-state index is 5.24. The highest BCUT2D eigenvalue weighted by molar-refractivity contribution is 5.78. The van der Waals surface area contributed by atoms with Crippen LogP contribution in [0.2, 0.25) is 0 Å². The summed E-state index contributed by atoms with van der Waals surface area (Å²) in [5, 5.41) is 3.89. The number of methoxy groups -OCH3 is 1. The van der Waals surface area contributed by atoms with Crippen molar-refractivity contribution < 1.29 is 9.57 Å². The molecule has 0 amide bonds. The normalized spacial score (nSPS) is 15.5. The van der Waals surface area contributed by atoms with Gasteiger partial charge in [-0.3, -0.25) is 0 Å². The molecule has 0 atom stereocenters. The fourth-order valence-corrected chi connectivity index (χ4v) is 1.90. The molecular weight excluding hydrogens is 226 g/mol. The van der Waals surface area contributed by atoms with Crippen molar-refractivity contribution in [2.75, 3.05) is 7.11 Å². The second-order valence-corrected chi connectivity index (χ2v) is 4.30. The van der Waals surface area contributed by atoms with Crippen LogP contribution in [0, 0.1) is 0 Å². The lowest BCUT2D eigenvalue weighted by Crippen LogP contribution is -1.94. The molecule has 3 heteroatoms. The van der Waals surface area contributed by atoms with E-state index in [1.165, 1.54) is 12.8 Å². The lowest BCUT2D eigenvalue weighted by molar-refractivity contribution is 0.132. The minimum Gasteiger partial charge on any atom is -0.497 e. The molecule has 0 bridgehead atoms. The van der Waals surface area contributed by atoms with Gasteiger partial charge < -0.3 is 9.57 Å². The van der Waals surface area contributed by atoms with Crippen molar-refractivity contribution >= 4 is 6.21 Å². The van der Waals surface area contributed by atoms with E-state index in [9.17, 15) is 0 Å². The van der Waals surface area contributed by atoms with Crippen LogP contribution in [0.4, 0.5) is 0 Å². The molecule has 3 nitrogen and oxygen atoms in total. The number of allylic oxidation sites excluding steroid dienone is 2. The summed E-state index contributed by atoms with van der Waals surface area (Å²) >= 11 is 0. The molecule has 1 aromatic carbocycles. The van der Waals surface area contributed by atoms with Crippen molar-refractivity contribution in [3.05, 3.63) is 41.5 Å². The summed E-state index contributed by atoms with van der Waals surface area (Å²) in [7, 11) is 1.65. The highest BCUT2D eigenvalue weighted by Crippen LogP contribution is 2.16. The van der Waals surface area contributed by atoms with Crippen molar-refractivity contribution in [3.63, 3.8) is 0 Å². The summed E-state index contributed by atoms with van der Waals surface area (Å²) in [6, 6.07) is 7.77. The van der Waals surface area contributed by atoms with Crippen LogP contribution < -0.4 is 4.74 Å². The summed E-state index contributed by atoms with van der Waals surface area (Å²) in [5.41, 5.74) is 2.20. The van der Waals surface area contributed by atoms with E-state index in [0.717, 1.165) is 29.7 Å². The van der Waals surface area contributed by atoms with Crippen LogP contribution in [-0.4, -0.2) is 13.3 Å². The average Bonchev–Trinajstić information content (AvgIpc) is 2.45. The quantitative estimate of drug-likeness (QED) is 0.585. The fraction of sp³-hybridized carbons (Fsp3) is 0.400. The highest BCUT2D eigenvalue weighted by Gasteiger charge is 2.01. The van der Waals surface area contributed by atoms with Gasteiger partial charge in [0.05, 0.1) is 7.11 Å². The molecule has 0 N–H and O–H groups in total. The SMILES string of the molecule is COc1cccc(CO/N=[C]\C2=CCCCC2)c1. The van der Waals surface area contributed by atoms with Crippen molar-refractivity contribution in [1.82, 2.24) is 0 Å². The zero-order valence-corrected chi connectivity index (χ0v) is 10.7. The first-order valence-electron chi connectivity index (χ1n) is 6.28. The Morgan fingerprint density at radius 1 is 1.33 bits per heavy atom. The molecule has 0 spiro atoms. The Hall–Kier alpha value is -1.77. The van der Waals surface area contributed by atoms with Crippen LogP contribution in [0.5, 0.6) is 5.75 Å². The van der Waals surface area contributed by atoms with Crippen molar-refractivity contribution in [2.24, 2.45) is 5.16 Å². The first-order chi connectivity index (χ1) is 8.88. The number of hydrogen-bond donors (Lipinski definition) is 0. The van der Waals surface area contributed by atoms with E-state index in [2.05, 4.69) is 17.4 Å². The molecule has 0 unspecified atom stereocenters. The summed E-state index contributed by atoms with van der Waals surface area (Å²) in [6.45, 7) is 0.442. The van der Waals surface area contributed by atoms with Gasteiger partial charge in [-0.15, -0.1) is 0 Å². The van der Waals surface area contributed by atoms with E-state index in [1.54, 1.807) is 7.11 Å². The minimum atomic E-state index is 0.442. The predicted octanol–water partition coefficient (Wildman–Crippen LogP) is 3.58. The maximum atomic E-state index is 5.24. The van der Waals surface area contributed by atoms with Crippen LogP contribution in [0.3, 0.4) is 0 Å². The zero-order valence-electron chi connectivity index (χ0n) is 10.7. The Morgan fingerprint density at radius 3 is 3.06 bits per heavy atom. The van der Waals surface area contributed by atoms with E-state index >= 15 is 0 Å². The van der Waals surface area contributed by atoms with Crippen LogP contribution in [0.25, 0.3) is 0 Å². The summed E-state index contributed by atoms with van der Waals surface area (Å²) < 4.78 is 5.15. The van der Waals surface area contributed by atoms with E-state index in [4.69, 9.17) is 9.57 Å². The number of ether oxygens (including phenoxy) is 1. The smallest absolute Gasteiger partial charge is 0.142 e. The van der Waals surface area contributed by atoms with Gasteiger partial charge in [0.25, 0.3) is 0 Å². The third kappa shape index (κ3) is 3.91. The Bertz CT molecular complexity index is 438. The molecule has 0 heterocycles. The van der Waals surface area contributed by atoms with Gasteiger partial charge in [0.1, 0.15) is 18.6 Å². The Kier molecular flexibility index (Phi) is 4.82. The number of rotatable bonds is 5. The molecule has 0 saturated carbocycles. The molecule has 1 aliphatic rings. The third-order valence-electron chi connectivity index (χ3n) is 2.91. The molecule has 0 fully saturated rings. The Labute approximate surface area is 108 Å². The molecule has 18 heavy (non-hydrogen) atoms. The molecule has 0 aromatic heterocycles. The first-order valence-corrected chi connectivity index (χ1v) is 6.28. The topological polar surface area (TPSA) is 30.8 Å². The number of hydrogen-bond acceptors (Lipinski definition) is 3. The molecule has 2 rings (SSSR count). The Morgan fingerprint density at radius 2 is 2.28 bits per heavy atom. The molecule has 95 valence electrons. The maximum Gasteiger partial charge on any atom is 0.142 e. The number of benzene rings is 1. The molecule has 1 aromatic rings. The van der Waals surface area contributed by atoms with Crippen LogP contribution in [-0.2, 0) is 11.4 Å². The van der Waals surface area contributed by atoms with Crippen LogP contribution in [0.1, 0.15) is 31.2 Å². The molecule has 0 saturated heterocycles. The van der Waals surface area contributed by atoms with Gasteiger partial charge in [0, 0.05) is 0 Å². The van der Waals surface area contributed by atoms with Gasteiger partial charge in [-0.25, -0.2) is 0 Å². The second-order valence-electron chi connectivity index (χ2n) is 4.30. The molecule has 1 radical (unpaired) electrons. The van der Waals surface area contributed by atoms with Gasteiger partial charge in [-0.1, -0.05) is 23.4 Å². The standard InChI is InChI=1S/C15H18NO2/c1-17-15-9-5-8-14(10-15)12-18-16-11-13-6-3-2-4-7-13/h5-6,8-10H,2-4,7,12H2,1H3. The lowest BCUT2D eigenvalue weighted by Gasteiger charge is -2.06. The molecule has 1 aliphatic carbocycles. The highest BCUT2D eigenvalue weighted by atomic mass is 16.6. The number of nitrogens with zero attached hydrogens (tertiary/aromatic N) is 1. The summed E-state index contributed by atoms with van der Waals surface area (Å²) in [4.78, 5) is 5.24. The van der Waals surface area contributed by atoms with Gasteiger partial charge in [0.15, 0.2) is 0 Å². The monoisotopic (exact) mass is 244 g/mol. The van der Waals surface area contributed by atoms with Crippen LogP contribution >= 0.6 is 0 Å². The Balaban J connectivity index is 1.80. The average molecular weight is 244 g/mol. The first kappa shape index (κ1) is 12.7. The molecular formula is C15H18NO2. The third-order valence-corrected chi connectivity index (χ3v) is 2.91. The van der Waals surface area contributed by atoms with E-state index in [1.807, 2.05) is 24.3 Å². The van der Waals surface area contributed by atoms with Gasteiger partial charge in [-0.05, 0) is 49.0 Å². The van der Waals surface area contributed by atoms with E-state index in [-0.39, 0.29) is 0 Å². The van der Waals surface area contributed by atoms with E-state index in [0.29, 0.717) is 6.61 Å². The minimum absolute atomic E-state index is 0.442. The van der Waals surface area contributed by atoms with E-state index < -0.39 is 0 Å². The fourth-order valence-electron chi connectivity index (χ4n) is 1.90. The summed E-state index contributed by atoms with van der Waals surface area (Å²) in [5.74, 6) is 0.832. The molecule has 0 aliphatic heterocycles. The van der Waals surface area contributed by atoms with Gasteiger partial charge >= 0.3 is 0 Å².